The van der Waals surface area contributed by atoms with Gasteiger partial charge in [-0.3, -0.25) is 14.5 Å². The third-order valence-electron chi connectivity index (χ3n) is 6.65. The Labute approximate surface area is 205 Å². The van der Waals surface area contributed by atoms with Gasteiger partial charge < -0.3 is 9.80 Å². The van der Waals surface area contributed by atoms with E-state index in [1.54, 1.807) is 6.20 Å². The van der Waals surface area contributed by atoms with Gasteiger partial charge in [0.05, 0.1) is 10.4 Å². The Balaban J connectivity index is 1.15. The SMILES string of the molecule is O=C(c1nccs1)N1CCN(C2CC(=O)N(c3cccc(-c4nsc5ccccc45)c3)C2)CC1. The molecule has 1 unspecified atom stereocenters. The molecule has 2 aliphatic rings. The van der Waals surface area contributed by atoms with Crippen LogP contribution in [-0.2, 0) is 4.79 Å². The van der Waals surface area contributed by atoms with Crippen molar-refractivity contribution in [3.05, 3.63) is 65.1 Å². The van der Waals surface area contributed by atoms with Gasteiger partial charge in [-0.05, 0) is 29.7 Å². The van der Waals surface area contributed by atoms with Crippen molar-refractivity contribution in [1.29, 1.82) is 0 Å². The fourth-order valence-corrected chi connectivity index (χ4v) is 6.25. The summed E-state index contributed by atoms with van der Waals surface area (Å²) in [6.45, 7) is 3.53. The molecule has 0 spiro atoms. The summed E-state index contributed by atoms with van der Waals surface area (Å²) in [7, 11) is 0. The van der Waals surface area contributed by atoms with Crippen LogP contribution in [-0.4, -0.2) is 69.7 Å². The topological polar surface area (TPSA) is 69.6 Å². The number of rotatable bonds is 4. The van der Waals surface area contributed by atoms with Crippen LogP contribution in [0.2, 0.25) is 0 Å². The summed E-state index contributed by atoms with van der Waals surface area (Å²) in [4.78, 5) is 35.8. The lowest BCUT2D eigenvalue weighted by Crippen LogP contribution is -2.52. The molecule has 7 nitrogen and oxygen atoms in total. The van der Waals surface area contributed by atoms with Gasteiger partial charge in [-0.2, -0.15) is 4.37 Å². The van der Waals surface area contributed by atoms with Crippen LogP contribution in [0.3, 0.4) is 0 Å². The zero-order chi connectivity index (χ0) is 23.1. The van der Waals surface area contributed by atoms with Gasteiger partial charge in [-0.15, -0.1) is 11.3 Å². The number of aromatic nitrogens is 2. The van der Waals surface area contributed by atoms with Crippen molar-refractivity contribution in [2.24, 2.45) is 0 Å². The lowest BCUT2D eigenvalue weighted by Gasteiger charge is -2.37. The molecule has 2 amide bonds. The largest absolute Gasteiger partial charge is 0.334 e. The molecule has 9 heteroatoms. The number of fused-ring (bicyclic) bond motifs is 1. The molecule has 2 aromatic carbocycles. The summed E-state index contributed by atoms with van der Waals surface area (Å²) in [6, 6.07) is 16.5. The van der Waals surface area contributed by atoms with Crippen LogP contribution in [0.5, 0.6) is 0 Å². The molecule has 0 N–H and O–H groups in total. The van der Waals surface area contributed by atoms with E-state index in [0.717, 1.165) is 40.1 Å². The monoisotopic (exact) mass is 489 g/mol. The molecule has 4 aromatic rings. The van der Waals surface area contributed by atoms with Gasteiger partial charge in [0.25, 0.3) is 5.91 Å². The number of amides is 2. The van der Waals surface area contributed by atoms with E-state index in [4.69, 9.17) is 0 Å². The fraction of sp³-hybridized carbons (Fsp3) is 0.280. The summed E-state index contributed by atoms with van der Waals surface area (Å²) < 4.78 is 5.83. The zero-order valence-electron chi connectivity index (χ0n) is 18.5. The van der Waals surface area contributed by atoms with Crippen molar-refractivity contribution >= 4 is 50.5 Å². The lowest BCUT2D eigenvalue weighted by atomic mass is 10.1. The van der Waals surface area contributed by atoms with Crippen molar-refractivity contribution in [2.45, 2.75) is 12.5 Å². The first kappa shape index (κ1) is 21.4. The van der Waals surface area contributed by atoms with Gasteiger partial charge in [0, 0.05) is 73.4 Å². The van der Waals surface area contributed by atoms with E-state index in [1.807, 2.05) is 39.4 Å². The van der Waals surface area contributed by atoms with E-state index < -0.39 is 0 Å². The van der Waals surface area contributed by atoms with Gasteiger partial charge in [0.2, 0.25) is 5.91 Å². The number of carbonyl (C=O) groups excluding carboxylic acids is 2. The van der Waals surface area contributed by atoms with Crippen LogP contribution in [0.4, 0.5) is 5.69 Å². The third kappa shape index (κ3) is 3.89. The first-order valence-electron chi connectivity index (χ1n) is 11.4. The molecule has 4 heterocycles. The molecular formula is C25H23N5O2S2. The molecule has 172 valence electrons. The molecule has 34 heavy (non-hydrogen) atoms. The van der Waals surface area contributed by atoms with Gasteiger partial charge in [0.15, 0.2) is 5.01 Å². The zero-order valence-corrected chi connectivity index (χ0v) is 20.1. The maximum atomic E-state index is 13.0. The average molecular weight is 490 g/mol. The molecule has 0 aliphatic carbocycles. The number of hydrogen-bond donors (Lipinski definition) is 0. The van der Waals surface area contributed by atoms with Crippen LogP contribution >= 0.6 is 22.9 Å². The number of carbonyl (C=O) groups is 2. The summed E-state index contributed by atoms with van der Waals surface area (Å²) in [5.74, 6) is 0.150. The van der Waals surface area contributed by atoms with E-state index in [-0.39, 0.29) is 17.9 Å². The number of hydrogen-bond acceptors (Lipinski definition) is 7. The third-order valence-corrected chi connectivity index (χ3v) is 8.23. The first-order chi connectivity index (χ1) is 16.7. The molecule has 2 aliphatic heterocycles. The maximum absolute atomic E-state index is 13.0. The average Bonchev–Trinajstić information content (AvgIpc) is 3.64. The second kappa shape index (κ2) is 8.90. The highest BCUT2D eigenvalue weighted by molar-refractivity contribution is 7.13. The van der Waals surface area contributed by atoms with Crippen molar-refractivity contribution in [1.82, 2.24) is 19.2 Å². The highest BCUT2D eigenvalue weighted by atomic mass is 32.1. The van der Waals surface area contributed by atoms with Crippen LogP contribution < -0.4 is 4.90 Å². The molecule has 0 bridgehead atoms. The lowest BCUT2D eigenvalue weighted by molar-refractivity contribution is -0.117. The predicted molar refractivity (Wildman–Crippen MR) is 135 cm³/mol. The van der Waals surface area contributed by atoms with Crippen molar-refractivity contribution in [3.63, 3.8) is 0 Å². The minimum absolute atomic E-state index is 0.00477. The second-order valence-electron chi connectivity index (χ2n) is 8.61. The first-order valence-corrected chi connectivity index (χ1v) is 13.0. The Morgan fingerprint density at radius 2 is 1.88 bits per heavy atom. The number of thiazole rings is 1. The van der Waals surface area contributed by atoms with Crippen molar-refractivity contribution < 1.29 is 9.59 Å². The van der Waals surface area contributed by atoms with E-state index >= 15 is 0 Å². The Morgan fingerprint density at radius 3 is 2.71 bits per heavy atom. The summed E-state index contributed by atoms with van der Waals surface area (Å²) in [5.41, 5.74) is 2.91. The molecule has 2 fully saturated rings. The van der Waals surface area contributed by atoms with Crippen LogP contribution in [0.25, 0.3) is 21.3 Å². The standard InChI is InChI=1S/C25H23N5O2S2/c31-22-15-19(28-9-11-29(12-10-28)25(32)24-26-8-13-33-24)16-30(22)18-5-3-4-17(14-18)23-20-6-1-2-7-21(20)34-27-23/h1-8,13-14,19H,9-12,15-16H2. The Morgan fingerprint density at radius 1 is 1.03 bits per heavy atom. The molecule has 1 atom stereocenters. The summed E-state index contributed by atoms with van der Waals surface area (Å²) in [5, 5.41) is 3.51. The van der Waals surface area contributed by atoms with E-state index in [0.29, 0.717) is 31.1 Å². The molecule has 0 saturated carbocycles. The number of benzene rings is 2. The molecule has 6 rings (SSSR count). The van der Waals surface area contributed by atoms with E-state index in [1.165, 1.54) is 22.9 Å². The molecule has 2 aromatic heterocycles. The van der Waals surface area contributed by atoms with E-state index in [2.05, 4.69) is 38.5 Å². The van der Waals surface area contributed by atoms with Crippen LogP contribution in [0, 0.1) is 0 Å². The Bertz CT molecular complexity index is 1340. The molecule has 2 saturated heterocycles. The Hall–Kier alpha value is -3.14. The number of piperazine rings is 1. The fourth-order valence-electron chi connectivity index (χ4n) is 4.85. The molecular weight excluding hydrogens is 466 g/mol. The Kier molecular flexibility index (Phi) is 5.60. The highest BCUT2D eigenvalue weighted by Gasteiger charge is 2.36. The predicted octanol–water partition coefficient (Wildman–Crippen LogP) is 3.98. The smallest absolute Gasteiger partial charge is 0.282 e. The molecule has 0 radical (unpaired) electrons. The highest BCUT2D eigenvalue weighted by Crippen LogP contribution is 2.34. The van der Waals surface area contributed by atoms with Gasteiger partial charge in [0.1, 0.15) is 0 Å². The number of nitrogens with zero attached hydrogens (tertiary/aromatic N) is 5. The van der Waals surface area contributed by atoms with E-state index in [9.17, 15) is 9.59 Å². The number of anilines is 1. The van der Waals surface area contributed by atoms with Crippen molar-refractivity contribution in [3.8, 4) is 11.3 Å². The second-order valence-corrected chi connectivity index (χ2v) is 10.3. The van der Waals surface area contributed by atoms with Gasteiger partial charge in [-0.25, -0.2) is 4.98 Å². The van der Waals surface area contributed by atoms with Crippen LogP contribution in [0.1, 0.15) is 16.2 Å². The summed E-state index contributed by atoms with van der Waals surface area (Å²) in [6.07, 6.45) is 2.17. The van der Waals surface area contributed by atoms with Crippen molar-refractivity contribution in [2.75, 3.05) is 37.6 Å². The quantitative estimate of drug-likeness (QED) is 0.434. The van der Waals surface area contributed by atoms with Gasteiger partial charge in [-0.1, -0.05) is 30.3 Å². The maximum Gasteiger partial charge on any atom is 0.282 e. The normalized spacial score (nSPS) is 19.3. The minimum Gasteiger partial charge on any atom is -0.334 e. The summed E-state index contributed by atoms with van der Waals surface area (Å²) >= 11 is 2.88. The van der Waals surface area contributed by atoms with Crippen LogP contribution in [0.15, 0.2) is 60.1 Å². The minimum atomic E-state index is 0.00477. The van der Waals surface area contributed by atoms with Gasteiger partial charge >= 0.3 is 0 Å².